The third kappa shape index (κ3) is 3.55. The van der Waals surface area contributed by atoms with Crippen LogP contribution in [-0.2, 0) is 4.74 Å². The summed E-state index contributed by atoms with van der Waals surface area (Å²) in [5.74, 6) is 1.24. The van der Waals surface area contributed by atoms with Gasteiger partial charge in [-0.2, -0.15) is 0 Å². The van der Waals surface area contributed by atoms with Crippen molar-refractivity contribution in [3.05, 3.63) is 77.9 Å². The average Bonchev–Trinajstić information content (AvgIpc) is 3.18. The van der Waals surface area contributed by atoms with Crippen molar-refractivity contribution in [2.45, 2.75) is 32.9 Å². The van der Waals surface area contributed by atoms with Crippen LogP contribution >= 0.6 is 0 Å². The van der Waals surface area contributed by atoms with Crippen LogP contribution in [0.25, 0.3) is 10.8 Å². The Bertz CT molecular complexity index is 972. The maximum atomic E-state index is 5.92. The predicted molar refractivity (Wildman–Crippen MR) is 114 cm³/mol. The topological polar surface area (TPSA) is 33.6 Å². The van der Waals surface area contributed by atoms with Crippen molar-refractivity contribution in [2.24, 2.45) is 10.9 Å². The minimum atomic E-state index is 0.167. The lowest BCUT2D eigenvalue weighted by Crippen LogP contribution is -2.13. The highest BCUT2D eigenvalue weighted by Gasteiger charge is 2.24. The van der Waals surface area contributed by atoms with Gasteiger partial charge >= 0.3 is 0 Å². The van der Waals surface area contributed by atoms with Gasteiger partial charge in [-0.15, -0.1) is 0 Å². The molecule has 27 heavy (non-hydrogen) atoms. The third-order valence-corrected chi connectivity index (χ3v) is 5.26. The number of benzene rings is 3. The molecule has 0 bridgehead atoms. The van der Waals surface area contributed by atoms with E-state index in [4.69, 9.17) is 9.73 Å². The van der Waals surface area contributed by atoms with Crippen molar-refractivity contribution in [2.75, 3.05) is 11.9 Å². The average molecular weight is 358 g/mol. The molecule has 3 aromatic rings. The maximum absolute atomic E-state index is 5.92. The lowest BCUT2D eigenvalue weighted by Gasteiger charge is -2.20. The Morgan fingerprint density at radius 2 is 1.67 bits per heavy atom. The molecule has 1 aliphatic heterocycles. The number of hydrogen-bond donors (Lipinski definition) is 1. The quantitative estimate of drug-likeness (QED) is 0.624. The van der Waals surface area contributed by atoms with Gasteiger partial charge in [0.05, 0.1) is 11.6 Å². The Morgan fingerprint density at radius 3 is 2.48 bits per heavy atom. The Balaban J connectivity index is 1.65. The first kappa shape index (κ1) is 17.6. The molecular formula is C24H26N2O. The lowest BCUT2D eigenvalue weighted by atomic mass is 9.99. The van der Waals surface area contributed by atoms with Crippen LogP contribution in [0.4, 0.5) is 5.69 Å². The van der Waals surface area contributed by atoms with Crippen molar-refractivity contribution in [3.63, 3.8) is 0 Å². The number of fused-ring (bicyclic) bond motifs is 1. The van der Waals surface area contributed by atoms with E-state index in [0.29, 0.717) is 12.5 Å². The van der Waals surface area contributed by atoms with Crippen LogP contribution in [0.15, 0.2) is 71.7 Å². The van der Waals surface area contributed by atoms with E-state index >= 15 is 0 Å². The number of para-hydroxylation sites is 1. The molecule has 0 fully saturated rings. The van der Waals surface area contributed by atoms with E-state index in [1.54, 1.807) is 0 Å². The number of anilines is 1. The number of hydrogen-bond acceptors (Lipinski definition) is 3. The second-order valence-corrected chi connectivity index (χ2v) is 7.54. The van der Waals surface area contributed by atoms with Gasteiger partial charge in [-0.25, -0.2) is 4.99 Å². The summed E-state index contributed by atoms with van der Waals surface area (Å²) in [5, 5.41) is 6.23. The smallest absolute Gasteiger partial charge is 0.218 e. The minimum Gasteiger partial charge on any atom is -0.475 e. The van der Waals surface area contributed by atoms with Gasteiger partial charge in [0, 0.05) is 11.7 Å². The Labute approximate surface area is 161 Å². The van der Waals surface area contributed by atoms with Gasteiger partial charge in [0.15, 0.2) is 0 Å². The zero-order valence-corrected chi connectivity index (χ0v) is 16.1. The number of nitrogens with one attached hydrogen (secondary N) is 1. The van der Waals surface area contributed by atoms with Crippen LogP contribution in [0.2, 0.25) is 0 Å². The van der Waals surface area contributed by atoms with E-state index in [-0.39, 0.29) is 12.1 Å². The molecule has 3 heteroatoms. The summed E-state index contributed by atoms with van der Waals surface area (Å²) in [4.78, 5) is 4.80. The summed E-state index contributed by atoms with van der Waals surface area (Å²) in [6.07, 6.45) is 0. The minimum absolute atomic E-state index is 0.167. The Morgan fingerprint density at radius 1 is 0.926 bits per heavy atom. The normalized spacial score (nSPS) is 17.6. The number of aliphatic imine (C=N–C) groups is 1. The zero-order chi connectivity index (χ0) is 18.8. The molecule has 1 heterocycles. The summed E-state index contributed by atoms with van der Waals surface area (Å²) in [6, 6.07) is 23.7. The SMILES string of the molecule is CC(C)[C@H]1COC(c2ccccc2N[C@H](C)c2cccc3ccccc23)=N1. The van der Waals surface area contributed by atoms with Crippen LogP contribution in [-0.4, -0.2) is 18.5 Å². The van der Waals surface area contributed by atoms with Crippen molar-refractivity contribution < 1.29 is 4.74 Å². The van der Waals surface area contributed by atoms with Gasteiger partial charge < -0.3 is 10.1 Å². The van der Waals surface area contributed by atoms with E-state index in [1.807, 2.05) is 6.07 Å². The molecule has 0 aromatic heterocycles. The van der Waals surface area contributed by atoms with Gasteiger partial charge in [0.1, 0.15) is 6.61 Å². The van der Waals surface area contributed by atoms with Gasteiger partial charge in [-0.05, 0) is 41.3 Å². The highest BCUT2D eigenvalue weighted by Crippen LogP contribution is 2.29. The van der Waals surface area contributed by atoms with E-state index < -0.39 is 0 Å². The summed E-state index contributed by atoms with van der Waals surface area (Å²) in [6.45, 7) is 7.24. The van der Waals surface area contributed by atoms with E-state index in [0.717, 1.165) is 17.1 Å². The molecular weight excluding hydrogens is 332 g/mol. The first-order chi connectivity index (χ1) is 13.1. The monoisotopic (exact) mass is 358 g/mol. The van der Waals surface area contributed by atoms with Crippen molar-refractivity contribution in [1.82, 2.24) is 0 Å². The molecule has 0 amide bonds. The molecule has 0 unspecified atom stereocenters. The van der Waals surface area contributed by atoms with E-state index in [1.165, 1.54) is 16.3 Å². The largest absolute Gasteiger partial charge is 0.475 e. The van der Waals surface area contributed by atoms with Crippen molar-refractivity contribution in [1.29, 1.82) is 0 Å². The highest BCUT2D eigenvalue weighted by molar-refractivity contribution is 6.00. The van der Waals surface area contributed by atoms with Crippen LogP contribution in [0.1, 0.15) is 37.9 Å². The van der Waals surface area contributed by atoms with Crippen LogP contribution in [0.3, 0.4) is 0 Å². The molecule has 3 nitrogen and oxygen atoms in total. The number of rotatable bonds is 5. The van der Waals surface area contributed by atoms with Crippen LogP contribution < -0.4 is 5.32 Å². The second-order valence-electron chi connectivity index (χ2n) is 7.54. The third-order valence-electron chi connectivity index (χ3n) is 5.26. The molecule has 2 atom stereocenters. The van der Waals surface area contributed by atoms with Crippen molar-refractivity contribution >= 4 is 22.4 Å². The zero-order valence-electron chi connectivity index (χ0n) is 16.1. The van der Waals surface area contributed by atoms with Gasteiger partial charge in [-0.3, -0.25) is 0 Å². The van der Waals surface area contributed by atoms with E-state index in [2.05, 4.69) is 86.8 Å². The molecule has 4 rings (SSSR count). The second kappa shape index (κ2) is 7.43. The van der Waals surface area contributed by atoms with E-state index in [9.17, 15) is 0 Å². The molecule has 0 saturated heterocycles. The fourth-order valence-corrected chi connectivity index (χ4v) is 3.61. The first-order valence-corrected chi connectivity index (χ1v) is 9.67. The standard InChI is InChI=1S/C24H26N2O/c1-16(2)23-15-27-24(26-23)21-12-6-7-14-22(21)25-17(3)19-13-8-10-18-9-4-5-11-20(18)19/h4-14,16-17,23,25H,15H2,1-3H3/t17-,23-/m1/s1. The molecule has 0 saturated carbocycles. The Hall–Kier alpha value is -2.81. The summed E-state index contributed by atoms with van der Waals surface area (Å²) in [5.41, 5.74) is 3.38. The number of nitrogens with zero attached hydrogens (tertiary/aromatic N) is 1. The molecule has 1 N–H and O–H groups in total. The summed E-state index contributed by atoms with van der Waals surface area (Å²) in [7, 11) is 0. The predicted octanol–water partition coefficient (Wildman–Crippen LogP) is 5.81. The lowest BCUT2D eigenvalue weighted by molar-refractivity contribution is 0.292. The molecule has 0 spiro atoms. The van der Waals surface area contributed by atoms with Gasteiger partial charge in [0.2, 0.25) is 5.90 Å². The van der Waals surface area contributed by atoms with Gasteiger partial charge in [-0.1, -0.05) is 68.4 Å². The summed E-state index contributed by atoms with van der Waals surface area (Å²) < 4.78 is 5.92. The molecule has 138 valence electrons. The fourth-order valence-electron chi connectivity index (χ4n) is 3.61. The van der Waals surface area contributed by atoms with Crippen LogP contribution in [0.5, 0.6) is 0 Å². The fraction of sp³-hybridized carbons (Fsp3) is 0.292. The molecule has 3 aromatic carbocycles. The Kier molecular flexibility index (Phi) is 4.85. The maximum Gasteiger partial charge on any atom is 0.218 e. The molecule has 0 radical (unpaired) electrons. The molecule has 0 aliphatic carbocycles. The molecule has 1 aliphatic rings. The van der Waals surface area contributed by atoms with Crippen molar-refractivity contribution in [3.8, 4) is 0 Å². The highest BCUT2D eigenvalue weighted by atomic mass is 16.5. The van der Waals surface area contributed by atoms with Gasteiger partial charge in [0.25, 0.3) is 0 Å². The number of ether oxygens (including phenoxy) is 1. The first-order valence-electron chi connectivity index (χ1n) is 9.67. The summed E-state index contributed by atoms with van der Waals surface area (Å²) >= 11 is 0. The van der Waals surface area contributed by atoms with Crippen LogP contribution in [0, 0.1) is 5.92 Å².